The first-order valence-corrected chi connectivity index (χ1v) is 4.40. The van der Waals surface area contributed by atoms with E-state index in [0.717, 1.165) is 5.69 Å². The van der Waals surface area contributed by atoms with Gasteiger partial charge in [-0.1, -0.05) is 6.92 Å². The van der Waals surface area contributed by atoms with Crippen LogP contribution < -0.4 is 5.32 Å². The number of hydrogen-bond donors (Lipinski definition) is 2. The molecule has 0 radical (unpaired) electrons. The Hall–Kier alpha value is -1.49. The number of aromatic nitrogens is 2. The summed E-state index contributed by atoms with van der Waals surface area (Å²) in [5.74, 6) is -1.18. The normalized spacial score (nSPS) is 12.4. The molecular weight excluding hydrogens is 182 g/mol. The summed E-state index contributed by atoms with van der Waals surface area (Å²) >= 11 is 0. The third kappa shape index (κ3) is 3.49. The van der Waals surface area contributed by atoms with E-state index >= 15 is 0 Å². The highest BCUT2D eigenvalue weighted by Gasteiger charge is 2.09. The van der Waals surface area contributed by atoms with Crippen LogP contribution in [0.25, 0.3) is 0 Å². The van der Waals surface area contributed by atoms with Gasteiger partial charge in [-0.2, -0.15) is 10.2 Å². The van der Waals surface area contributed by atoms with Crippen LogP contribution in [0.15, 0.2) is 18.3 Å². The predicted molar refractivity (Wildman–Crippen MR) is 50.5 cm³/mol. The molecular formula is C9H13N3O2. The highest BCUT2D eigenvalue weighted by molar-refractivity contribution is 5.69. The third-order valence-corrected chi connectivity index (χ3v) is 1.81. The van der Waals surface area contributed by atoms with Crippen LogP contribution in [0.2, 0.25) is 0 Å². The van der Waals surface area contributed by atoms with E-state index in [-0.39, 0.29) is 5.92 Å². The van der Waals surface area contributed by atoms with E-state index in [4.69, 9.17) is 5.11 Å². The molecule has 1 unspecified atom stereocenters. The second-order valence-electron chi connectivity index (χ2n) is 3.09. The van der Waals surface area contributed by atoms with Gasteiger partial charge in [-0.3, -0.25) is 4.79 Å². The number of carboxylic acids is 1. The van der Waals surface area contributed by atoms with Crippen molar-refractivity contribution in [3.8, 4) is 0 Å². The van der Waals surface area contributed by atoms with Crippen molar-refractivity contribution in [2.24, 2.45) is 5.92 Å². The first-order valence-electron chi connectivity index (χ1n) is 4.40. The average molecular weight is 195 g/mol. The highest BCUT2D eigenvalue weighted by Crippen LogP contribution is 1.94. The Kier molecular flexibility index (Phi) is 4.00. The molecule has 0 bridgehead atoms. The van der Waals surface area contributed by atoms with Crippen LogP contribution in [0.5, 0.6) is 0 Å². The lowest BCUT2D eigenvalue weighted by Crippen LogP contribution is -2.26. The van der Waals surface area contributed by atoms with Crippen molar-refractivity contribution < 1.29 is 9.90 Å². The first-order chi connectivity index (χ1) is 6.70. The summed E-state index contributed by atoms with van der Waals surface area (Å²) in [6.07, 6.45) is 1.60. The molecule has 0 aliphatic rings. The number of nitrogens with one attached hydrogen (secondary N) is 1. The lowest BCUT2D eigenvalue weighted by atomic mass is 10.2. The summed E-state index contributed by atoms with van der Waals surface area (Å²) in [6, 6.07) is 3.63. The molecule has 1 rings (SSSR count). The quantitative estimate of drug-likeness (QED) is 0.706. The van der Waals surface area contributed by atoms with Crippen LogP contribution in [0, 0.1) is 5.92 Å². The molecule has 0 fully saturated rings. The zero-order valence-electron chi connectivity index (χ0n) is 7.97. The lowest BCUT2D eigenvalue weighted by Gasteiger charge is -2.06. The Morgan fingerprint density at radius 2 is 2.50 bits per heavy atom. The monoisotopic (exact) mass is 195 g/mol. The number of carbonyl (C=O) groups is 1. The molecule has 0 aromatic carbocycles. The van der Waals surface area contributed by atoms with Crippen molar-refractivity contribution in [1.82, 2.24) is 15.5 Å². The number of aliphatic carboxylic acids is 1. The molecule has 0 saturated heterocycles. The van der Waals surface area contributed by atoms with Crippen molar-refractivity contribution in [2.75, 3.05) is 6.54 Å². The molecule has 1 atom stereocenters. The van der Waals surface area contributed by atoms with Gasteiger partial charge >= 0.3 is 5.97 Å². The fraction of sp³-hybridized carbons (Fsp3) is 0.444. The van der Waals surface area contributed by atoms with Crippen molar-refractivity contribution in [1.29, 1.82) is 0 Å². The van der Waals surface area contributed by atoms with Gasteiger partial charge < -0.3 is 10.4 Å². The number of nitrogens with zero attached hydrogens (tertiary/aromatic N) is 2. The van der Waals surface area contributed by atoms with Crippen molar-refractivity contribution >= 4 is 5.97 Å². The molecule has 0 amide bonds. The van der Waals surface area contributed by atoms with E-state index in [0.29, 0.717) is 13.1 Å². The summed E-state index contributed by atoms with van der Waals surface area (Å²) in [5.41, 5.74) is 0.810. The minimum atomic E-state index is -0.795. The molecule has 14 heavy (non-hydrogen) atoms. The molecule has 76 valence electrons. The maximum absolute atomic E-state index is 10.5. The minimum absolute atomic E-state index is 0.383. The van der Waals surface area contributed by atoms with Crippen LogP contribution in [0.3, 0.4) is 0 Å². The maximum Gasteiger partial charge on any atom is 0.307 e. The van der Waals surface area contributed by atoms with Crippen molar-refractivity contribution in [2.45, 2.75) is 13.5 Å². The van der Waals surface area contributed by atoms with Crippen LogP contribution in [0.1, 0.15) is 12.6 Å². The fourth-order valence-corrected chi connectivity index (χ4v) is 0.932. The zero-order chi connectivity index (χ0) is 10.4. The molecule has 0 aliphatic heterocycles. The van der Waals surface area contributed by atoms with Crippen molar-refractivity contribution in [3.05, 3.63) is 24.0 Å². The molecule has 1 aromatic heterocycles. The third-order valence-electron chi connectivity index (χ3n) is 1.81. The minimum Gasteiger partial charge on any atom is -0.481 e. The van der Waals surface area contributed by atoms with Crippen LogP contribution in [0.4, 0.5) is 0 Å². The Labute approximate surface area is 82.2 Å². The van der Waals surface area contributed by atoms with Gasteiger partial charge in [0, 0.05) is 19.3 Å². The van der Waals surface area contributed by atoms with E-state index in [9.17, 15) is 4.79 Å². The largest absolute Gasteiger partial charge is 0.481 e. The second kappa shape index (κ2) is 5.29. The van der Waals surface area contributed by atoms with E-state index < -0.39 is 5.97 Å². The van der Waals surface area contributed by atoms with Gasteiger partial charge in [-0.25, -0.2) is 0 Å². The summed E-state index contributed by atoms with van der Waals surface area (Å²) in [5, 5.41) is 19.2. The van der Waals surface area contributed by atoms with Crippen molar-refractivity contribution in [3.63, 3.8) is 0 Å². The molecule has 0 spiro atoms. The highest BCUT2D eigenvalue weighted by atomic mass is 16.4. The summed E-state index contributed by atoms with van der Waals surface area (Å²) < 4.78 is 0. The fourth-order valence-electron chi connectivity index (χ4n) is 0.932. The maximum atomic E-state index is 10.5. The first kappa shape index (κ1) is 10.6. The summed E-state index contributed by atoms with van der Waals surface area (Å²) in [4.78, 5) is 10.5. The second-order valence-corrected chi connectivity index (χ2v) is 3.09. The number of carboxylic acid groups (broad SMARTS) is 1. The standard InChI is InChI=1S/C9H13N3O2/c1-7(9(13)14)5-10-6-8-3-2-4-11-12-8/h2-4,7,10H,5-6H2,1H3,(H,13,14). The zero-order valence-corrected chi connectivity index (χ0v) is 7.97. The lowest BCUT2D eigenvalue weighted by molar-refractivity contribution is -0.140. The predicted octanol–water partition coefficient (Wildman–Crippen LogP) is 0.287. The number of hydrogen-bond acceptors (Lipinski definition) is 4. The Morgan fingerprint density at radius 1 is 1.71 bits per heavy atom. The van der Waals surface area contributed by atoms with E-state index in [1.165, 1.54) is 0 Å². The smallest absolute Gasteiger partial charge is 0.307 e. The van der Waals surface area contributed by atoms with Gasteiger partial charge in [0.2, 0.25) is 0 Å². The Bertz CT molecular complexity index is 289. The average Bonchev–Trinajstić information content (AvgIpc) is 2.19. The Morgan fingerprint density at radius 3 is 3.07 bits per heavy atom. The summed E-state index contributed by atoms with van der Waals surface area (Å²) in [7, 11) is 0. The molecule has 5 heteroatoms. The van der Waals surface area contributed by atoms with Gasteiger partial charge in [0.15, 0.2) is 0 Å². The van der Waals surface area contributed by atoms with Crippen LogP contribution in [-0.2, 0) is 11.3 Å². The molecule has 5 nitrogen and oxygen atoms in total. The molecule has 1 aromatic rings. The van der Waals surface area contributed by atoms with E-state index in [1.807, 2.05) is 6.07 Å². The molecule has 0 saturated carbocycles. The van der Waals surface area contributed by atoms with Gasteiger partial charge in [-0.15, -0.1) is 0 Å². The molecule has 0 aliphatic carbocycles. The van der Waals surface area contributed by atoms with Gasteiger partial charge in [0.1, 0.15) is 0 Å². The van der Waals surface area contributed by atoms with Gasteiger partial charge in [0.25, 0.3) is 0 Å². The SMILES string of the molecule is CC(CNCc1cccnn1)C(=O)O. The molecule has 1 heterocycles. The molecule has 2 N–H and O–H groups in total. The van der Waals surface area contributed by atoms with Crippen LogP contribution in [-0.4, -0.2) is 27.8 Å². The van der Waals surface area contributed by atoms with E-state index in [2.05, 4.69) is 15.5 Å². The van der Waals surface area contributed by atoms with Gasteiger partial charge in [-0.05, 0) is 12.1 Å². The van der Waals surface area contributed by atoms with Gasteiger partial charge in [0.05, 0.1) is 11.6 Å². The number of rotatable bonds is 5. The topological polar surface area (TPSA) is 75.1 Å². The van der Waals surface area contributed by atoms with Crippen LogP contribution >= 0.6 is 0 Å². The van der Waals surface area contributed by atoms with E-state index in [1.54, 1.807) is 19.2 Å². The Balaban J connectivity index is 2.26. The summed E-state index contributed by atoms with van der Waals surface area (Å²) in [6.45, 7) is 2.64.